The fourth-order valence-corrected chi connectivity index (χ4v) is 3.50. The second kappa shape index (κ2) is 9.86. The highest BCUT2D eigenvalue weighted by Gasteiger charge is 2.34. The number of halogens is 3. The number of amides is 1. The number of nitrogens with one attached hydrogen (secondary N) is 1. The minimum Gasteiger partial charge on any atom is -0.492 e. The van der Waals surface area contributed by atoms with Gasteiger partial charge in [-0.25, -0.2) is 0 Å². The fraction of sp³-hybridized carbons (Fsp3) is 0.381. The molecule has 0 atom stereocenters. The molecule has 1 heterocycles. The van der Waals surface area contributed by atoms with Crippen LogP contribution in [0.3, 0.4) is 0 Å². The molecular weight excluding hydrogens is 429 g/mol. The zero-order chi connectivity index (χ0) is 23.3. The Labute approximate surface area is 182 Å². The van der Waals surface area contributed by atoms with E-state index in [1.165, 1.54) is 0 Å². The number of rotatable bonds is 7. The van der Waals surface area contributed by atoms with Crippen molar-refractivity contribution < 1.29 is 27.6 Å². The van der Waals surface area contributed by atoms with E-state index in [1.54, 1.807) is 29.2 Å². The third kappa shape index (κ3) is 5.67. The minimum absolute atomic E-state index is 0.114. The van der Waals surface area contributed by atoms with Crippen LogP contribution < -0.4 is 15.0 Å². The normalized spacial score (nSPS) is 14.8. The number of hydrogen-bond donors (Lipinski definition) is 1. The Kier molecular flexibility index (Phi) is 7.18. The molecule has 0 aromatic heterocycles. The van der Waals surface area contributed by atoms with Gasteiger partial charge in [0.2, 0.25) is 5.91 Å². The zero-order valence-corrected chi connectivity index (χ0v) is 17.4. The van der Waals surface area contributed by atoms with Crippen LogP contribution in [0.25, 0.3) is 0 Å². The molecule has 11 heteroatoms. The van der Waals surface area contributed by atoms with E-state index in [9.17, 15) is 28.1 Å². The maximum Gasteiger partial charge on any atom is 0.416 e. The van der Waals surface area contributed by atoms with Crippen LogP contribution in [0.1, 0.15) is 12.5 Å². The Hall–Kier alpha value is -3.34. The molecule has 0 radical (unpaired) electrons. The molecule has 0 aliphatic carbocycles. The number of benzene rings is 2. The number of nitrogens with zero attached hydrogens (tertiary/aromatic N) is 3. The Bertz CT molecular complexity index is 976. The average molecular weight is 452 g/mol. The summed E-state index contributed by atoms with van der Waals surface area (Å²) in [6.45, 7) is 3.97. The number of ether oxygens (including phenoxy) is 1. The van der Waals surface area contributed by atoms with Crippen molar-refractivity contribution in [3.8, 4) is 5.75 Å². The summed E-state index contributed by atoms with van der Waals surface area (Å²) in [6, 6.07) is 9.63. The lowest BCUT2D eigenvalue weighted by molar-refractivity contribution is -0.384. The first-order valence-corrected chi connectivity index (χ1v) is 10.0. The number of hydrogen-bond acceptors (Lipinski definition) is 6. The molecule has 8 nitrogen and oxygen atoms in total. The molecule has 0 saturated carbocycles. The van der Waals surface area contributed by atoms with Gasteiger partial charge in [-0.3, -0.25) is 19.8 Å². The molecule has 0 unspecified atom stereocenters. The Morgan fingerprint density at radius 1 is 1.16 bits per heavy atom. The van der Waals surface area contributed by atoms with E-state index in [0.29, 0.717) is 50.3 Å². The topological polar surface area (TPSA) is 88.0 Å². The van der Waals surface area contributed by atoms with Gasteiger partial charge in [-0.2, -0.15) is 13.2 Å². The van der Waals surface area contributed by atoms with E-state index in [1.807, 2.05) is 11.8 Å². The van der Waals surface area contributed by atoms with Crippen LogP contribution in [-0.4, -0.2) is 55.1 Å². The molecule has 0 bridgehead atoms. The molecule has 1 aliphatic rings. The van der Waals surface area contributed by atoms with Gasteiger partial charge in [-0.05, 0) is 31.2 Å². The predicted octanol–water partition coefficient (Wildman–Crippen LogP) is 3.77. The molecule has 0 spiro atoms. The van der Waals surface area contributed by atoms with E-state index in [-0.39, 0.29) is 18.1 Å². The highest BCUT2D eigenvalue weighted by Crippen LogP contribution is 2.36. The maximum atomic E-state index is 12.9. The zero-order valence-electron chi connectivity index (χ0n) is 17.4. The molecule has 1 saturated heterocycles. The molecular formula is C21H23F3N4O4. The molecule has 172 valence electrons. The van der Waals surface area contributed by atoms with Crippen molar-refractivity contribution in [1.82, 2.24) is 4.90 Å². The number of carbonyl (C=O) groups is 1. The number of para-hydroxylation sites is 2. The van der Waals surface area contributed by atoms with Gasteiger partial charge in [0, 0.05) is 32.2 Å². The summed E-state index contributed by atoms with van der Waals surface area (Å²) < 4.78 is 44.2. The molecule has 2 aromatic carbocycles. The predicted molar refractivity (Wildman–Crippen MR) is 113 cm³/mol. The second-order valence-electron chi connectivity index (χ2n) is 7.20. The number of nitro groups is 1. The van der Waals surface area contributed by atoms with Crippen LogP contribution in [0.2, 0.25) is 0 Å². The Morgan fingerprint density at radius 3 is 2.47 bits per heavy atom. The molecule has 1 amide bonds. The first kappa shape index (κ1) is 23.3. The molecule has 1 aliphatic heterocycles. The largest absolute Gasteiger partial charge is 0.492 e. The van der Waals surface area contributed by atoms with Gasteiger partial charge in [0.1, 0.15) is 11.4 Å². The monoisotopic (exact) mass is 452 g/mol. The van der Waals surface area contributed by atoms with Gasteiger partial charge in [-0.15, -0.1) is 0 Å². The van der Waals surface area contributed by atoms with Crippen molar-refractivity contribution in [2.75, 3.05) is 49.5 Å². The number of piperazine rings is 1. The van der Waals surface area contributed by atoms with Gasteiger partial charge in [-0.1, -0.05) is 12.1 Å². The van der Waals surface area contributed by atoms with Crippen LogP contribution >= 0.6 is 0 Å². The highest BCUT2D eigenvalue weighted by molar-refractivity contribution is 5.93. The number of nitro benzene ring substituents is 1. The van der Waals surface area contributed by atoms with E-state index in [0.717, 1.165) is 12.1 Å². The summed E-state index contributed by atoms with van der Waals surface area (Å²) >= 11 is 0. The summed E-state index contributed by atoms with van der Waals surface area (Å²) in [6.07, 6.45) is -4.66. The maximum absolute atomic E-state index is 12.9. The lowest BCUT2D eigenvalue weighted by Gasteiger charge is -2.35. The highest BCUT2D eigenvalue weighted by atomic mass is 19.4. The molecule has 1 N–H and O–H groups in total. The number of anilines is 2. The van der Waals surface area contributed by atoms with E-state index in [4.69, 9.17) is 4.74 Å². The Balaban J connectivity index is 1.61. The minimum atomic E-state index is -4.66. The van der Waals surface area contributed by atoms with E-state index in [2.05, 4.69) is 5.32 Å². The Morgan fingerprint density at radius 2 is 1.84 bits per heavy atom. The van der Waals surface area contributed by atoms with Crippen LogP contribution in [-0.2, 0) is 11.0 Å². The van der Waals surface area contributed by atoms with E-state index >= 15 is 0 Å². The van der Waals surface area contributed by atoms with Crippen molar-refractivity contribution in [2.24, 2.45) is 0 Å². The summed E-state index contributed by atoms with van der Waals surface area (Å²) in [7, 11) is 0. The molecule has 2 aromatic rings. The molecule has 32 heavy (non-hydrogen) atoms. The van der Waals surface area contributed by atoms with Gasteiger partial charge in [0.15, 0.2) is 0 Å². The summed E-state index contributed by atoms with van der Waals surface area (Å²) in [5.41, 5.74) is -0.940. The fourth-order valence-electron chi connectivity index (χ4n) is 3.50. The third-order valence-electron chi connectivity index (χ3n) is 5.04. The van der Waals surface area contributed by atoms with Crippen molar-refractivity contribution >= 4 is 23.0 Å². The van der Waals surface area contributed by atoms with Gasteiger partial charge in [0.25, 0.3) is 5.69 Å². The first-order chi connectivity index (χ1) is 15.2. The number of alkyl halides is 3. The van der Waals surface area contributed by atoms with Crippen molar-refractivity contribution in [3.63, 3.8) is 0 Å². The van der Waals surface area contributed by atoms with Crippen LogP contribution in [0.4, 0.5) is 30.2 Å². The first-order valence-electron chi connectivity index (χ1n) is 10.0. The summed E-state index contributed by atoms with van der Waals surface area (Å²) in [5.74, 6) is 0.342. The van der Waals surface area contributed by atoms with Crippen molar-refractivity contribution in [2.45, 2.75) is 13.1 Å². The third-order valence-corrected chi connectivity index (χ3v) is 5.04. The van der Waals surface area contributed by atoms with E-state index < -0.39 is 22.4 Å². The standard InChI is InChI=1S/C21H23F3N4O4/c1-2-32-19-6-4-3-5-16(19)25-20(29)14-26-9-11-27(12-10-26)17-8-7-15(21(22,23)24)13-18(17)28(30)31/h3-8,13H,2,9-12,14H2,1H3,(H,25,29). The van der Waals surface area contributed by atoms with Gasteiger partial charge in [0.05, 0.1) is 29.3 Å². The summed E-state index contributed by atoms with van der Waals surface area (Å²) in [5, 5.41) is 14.2. The van der Waals surface area contributed by atoms with Crippen LogP contribution in [0.15, 0.2) is 42.5 Å². The van der Waals surface area contributed by atoms with Gasteiger partial charge >= 0.3 is 6.18 Å². The second-order valence-corrected chi connectivity index (χ2v) is 7.20. The SMILES string of the molecule is CCOc1ccccc1NC(=O)CN1CCN(c2ccc(C(F)(F)F)cc2[N+](=O)[O-])CC1. The van der Waals surface area contributed by atoms with Gasteiger partial charge < -0.3 is 15.0 Å². The lowest BCUT2D eigenvalue weighted by Crippen LogP contribution is -2.48. The van der Waals surface area contributed by atoms with Crippen LogP contribution in [0.5, 0.6) is 5.75 Å². The van der Waals surface area contributed by atoms with Crippen molar-refractivity contribution in [1.29, 1.82) is 0 Å². The quantitative estimate of drug-likeness (QED) is 0.508. The molecule has 3 rings (SSSR count). The van der Waals surface area contributed by atoms with Crippen LogP contribution in [0, 0.1) is 10.1 Å². The smallest absolute Gasteiger partial charge is 0.416 e. The number of carbonyl (C=O) groups excluding carboxylic acids is 1. The van der Waals surface area contributed by atoms with Crippen molar-refractivity contribution in [3.05, 3.63) is 58.1 Å². The average Bonchev–Trinajstić information content (AvgIpc) is 2.75. The molecule has 1 fully saturated rings. The lowest BCUT2D eigenvalue weighted by atomic mass is 10.1. The summed E-state index contributed by atoms with van der Waals surface area (Å²) in [4.78, 5) is 26.5.